The Morgan fingerprint density at radius 2 is 2.05 bits per heavy atom. The fourth-order valence-electron chi connectivity index (χ4n) is 2.43. The molecule has 1 atom stereocenters. The van der Waals surface area contributed by atoms with Crippen LogP contribution in [0.25, 0.3) is 5.78 Å². The molecule has 0 saturated carbocycles. The molecule has 6 nitrogen and oxygen atoms in total. The van der Waals surface area contributed by atoms with Crippen molar-refractivity contribution in [1.82, 2.24) is 24.7 Å². The number of fused-ring (bicyclic) bond motifs is 1. The van der Waals surface area contributed by atoms with E-state index in [-0.39, 0.29) is 12.5 Å². The van der Waals surface area contributed by atoms with Crippen LogP contribution in [-0.4, -0.2) is 37.6 Å². The summed E-state index contributed by atoms with van der Waals surface area (Å²) in [7, 11) is 0. The number of nitrogens with one attached hydrogen (secondary N) is 1. The summed E-state index contributed by atoms with van der Waals surface area (Å²) in [6.45, 7) is 1.55. The number of aromatic nitrogens is 4. The van der Waals surface area contributed by atoms with E-state index < -0.39 is 0 Å². The molecule has 0 aliphatic carbocycles. The largest absolute Gasteiger partial charge is 0.396 e. The van der Waals surface area contributed by atoms with Crippen molar-refractivity contribution in [2.45, 2.75) is 13.0 Å². The minimum Gasteiger partial charge on any atom is -0.396 e. The molecule has 0 fully saturated rings. The molecule has 1 unspecified atom stereocenters. The number of pyridine rings is 1. The van der Waals surface area contributed by atoms with Crippen LogP contribution in [0, 0.1) is 5.92 Å². The number of imidazole rings is 1. The quantitative estimate of drug-likeness (QED) is 0.682. The number of hydrogen-bond donors (Lipinski definition) is 2. The van der Waals surface area contributed by atoms with E-state index in [1.807, 2.05) is 41.1 Å². The lowest BCUT2D eigenvalue weighted by atomic mass is 10.0. The third-order valence-electron chi connectivity index (χ3n) is 3.59. The highest BCUT2D eigenvalue weighted by atomic mass is 16.3. The summed E-state index contributed by atoms with van der Waals surface area (Å²) in [6, 6.07) is 7.73. The van der Waals surface area contributed by atoms with Crippen LogP contribution in [0.4, 0.5) is 0 Å². The van der Waals surface area contributed by atoms with Crippen LogP contribution in [-0.2, 0) is 13.0 Å². The Kier molecular flexibility index (Phi) is 4.72. The Balaban J connectivity index is 1.55. The molecular weight excluding hydrogens is 278 g/mol. The van der Waals surface area contributed by atoms with Gasteiger partial charge in [-0.1, -0.05) is 6.07 Å². The molecule has 0 aliphatic heterocycles. The standard InChI is InChI=1S/C16H19N5O/c22-12-13(8-14-4-1-2-5-18-14)9-17-10-15-11-20-16-19-6-3-7-21(15)16/h1-7,11,13,17,22H,8-10,12H2. The van der Waals surface area contributed by atoms with E-state index >= 15 is 0 Å². The van der Waals surface area contributed by atoms with Gasteiger partial charge >= 0.3 is 0 Å². The molecule has 22 heavy (non-hydrogen) atoms. The molecule has 3 rings (SSSR count). The van der Waals surface area contributed by atoms with Gasteiger partial charge in [0.15, 0.2) is 0 Å². The van der Waals surface area contributed by atoms with E-state index in [1.54, 1.807) is 12.4 Å². The van der Waals surface area contributed by atoms with Crippen molar-refractivity contribution in [3.8, 4) is 0 Å². The number of hydrogen-bond acceptors (Lipinski definition) is 5. The Morgan fingerprint density at radius 3 is 2.86 bits per heavy atom. The highest BCUT2D eigenvalue weighted by Gasteiger charge is 2.10. The average molecular weight is 297 g/mol. The molecule has 3 heterocycles. The maximum absolute atomic E-state index is 9.52. The van der Waals surface area contributed by atoms with Crippen LogP contribution in [0.15, 0.2) is 49.1 Å². The fourth-order valence-corrected chi connectivity index (χ4v) is 2.43. The van der Waals surface area contributed by atoms with Crippen LogP contribution >= 0.6 is 0 Å². The molecule has 2 N–H and O–H groups in total. The normalized spacial score (nSPS) is 12.6. The first kappa shape index (κ1) is 14.6. The molecule has 0 aromatic carbocycles. The van der Waals surface area contributed by atoms with Crippen molar-refractivity contribution >= 4 is 5.78 Å². The van der Waals surface area contributed by atoms with Gasteiger partial charge in [0, 0.05) is 44.0 Å². The van der Waals surface area contributed by atoms with Gasteiger partial charge in [-0.2, -0.15) is 0 Å². The van der Waals surface area contributed by atoms with Crippen molar-refractivity contribution in [3.63, 3.8) is 0 Å². The zero-order valence-corrected chi connectivity index (χ0v) is 12.3. The smallest absolute Gasteiger partial charge is 0.233 e. The van der Waals surface area contributed by atoms with Crippen LogP contribution in [0.1, 0.15) is 11.4 Å². The predicted molar refractivity (Wildman–Crippen MR) is 83.2 cm³/mol. The SMILES string of the molecule is OCC(CNCc1cnc2ncccn12)Cc1ccccn1. The van der Waals surface area contributed by atoms with Crippen molar-refractivity contribution in [2.24, 2.45) is 5.92 Å². The predicted octanol–water partition coefficient (Wildman–Crippen LogP) is 1.07. The molecular formula is C16H19N5O. The van der Waals surface area contributed by atoms with E-state index in [0.717, 1.165) is 24.4 Å². The summed E-state index contributed by atoms with van der Waals surface area (Å²) < 4.78 is 1.96. The summed E-state index contributed by atoms with van der Waals surface area (Å²) in [5.74, 6) is 0.846. The van der Waals surface area contributed by atoms with E-state index in [4.69, 9.17) is 0 Å². The molecule has 0 aliphatic rings. The lowest BCUT2D eigenvalue weighted by molar-refractivity contribution is 0.220. The Bertz CT molecular complexity index is 713. The van der Waals surface area contributed by atoms with E-state index in [9.17, 15) is 5.11 Å². The van der Waals surface area contributed by atoms with Gasteiger partial charge in [-0.3, -0.25) is 9.38 Å². The molecule has 0 saturated heterocycles. The van der Waals surface area contributed by atoms with Gasteiger partial charge in [-0.15, -0.1) is 0 Å². The second-order valence-electron chi connectivity index (χ2n) is 5.24. The summed E-state index contributed by atoms with van der Waals surface area (Å²) in [5.41, 5.74) is 2.06. The molecule has 114 valence electrons. The van der Waals surface area contributed by atoms with Gasteiger partial charge in [0.2, 0.25) is 5.78 Å². The minimum absolute atomic E-state index is 0.137. The third kappa shape index (κ3) is 3.47. The highest BCUT2D eigenvalue weighted by Crippen LogP contribution is 2.06. The van der Waals surface area contributed by atoms with Gasteiger partial charge in [-0.05, 0) is 30.5 Å². The molecule has 6 heteroatoms. The van der Waals surface area contributed by atoms with Crippen molar-refractivity contribution < 1.29 is 5.11 Å². The number of nitrogens with zero attached hydrogens (tertiary/aromatic N) is 4. The Labute approximate surface area is 128 Å². The van der Waals surface area contributed by atoms with Crippen molar-refractivity contribution in [2.75, 3.05) is 13.2 Å². The van der Waals surface area contributed by atoms with Crippen LogP contribution in [0.3, 0.4) is 0 Å². The van der Waals surface area contributed by atoms with E-state index in [0.29, 0.717) is 12.3 Å². The van der Waals surface area contributed by atoms with Gasteiger partial charge in [0.1, 0.15) is 0 Å². The first-order chi connectivity index (χ1) is 10.9. The minimum atomic E-state index is 0.137. The maximum Gasteiger partial charge on any atom is 0.233 e. The lowest BCUT2D eigenvalue weighted by Crippen LogP contribution is -2.27. The van der Waals surface area contributed by atoms with Crippen molar-refractivity contribution in [3.05, 3.63) is 60.4 Å². The van der Waals surface area contributed by atoms with Crippen LogP contribution in [0.5, 0.6) is 0 Å². The molecule has 0 amide bonds. The monoisotopic (exact) mass is 297 g/mol. The second kappa shape index (κ2) is 7.11. The van der Waals surface area contributed by atoms with Gasteiger partial charge < -0.3 is 10.4 Å². The summed E-state index contributed by atoms with van der Waals surface area (Å²) >= 11 is 0. The number of rotatable bonds is 7. The zero-order chi connectivity index (χ0) is 15.2. The highest BCUT2D eigenvalue weighted by molar-refractivity contribution is 5.30. The summed E-state index contributed by atoms with van der Waals surface area (Å²) in [6.07, 6.45) is 8.04. The first-order valence-corrected chi connectivity index (χ1v) is 7.35. The van der Waals surface area contributed by atoms with Gasteiger partial charge in [0.05, 0.1) is 11.9 Å². The second-order valence-corrected chi connectivity index (χ2v) is 5.24. The molecule has 0 bridgehead atoms. The zero-order valence-electron chi connectivity index (χ0n) is 12.3. The first-order valence-electron chi connectivity index (χ1n) is 7.35. The number of aliphatic hydroxyl groups excluding tert-OH is 1. The van der Waals surface area contributed by atoms with Crippen LogP contribution < -0.4 is 5.32 Å². The summed E-state index contributed by atoms with van der Waals surface area (Å²) in [4.78, 5) is 12.8. The molecule has 0 spiro atoms. The number of aliphatic hydroxyl groups is 1. The van der Waals surface area contributed by atoms with E-state index in [1.165, 1.54) is 0 Å². The Hall–Kier alpha value is -2.31. The van der Waals surface area contributed by atoms with Crippen molar-refractivity contribution in [1.29, 1.82) is 0 Å². The topological polar surface area (TPSA) is 75.3 Å². The fraction of sp³-hybridized carbons (Fsp3) is 0.312. The Morgan fingerprint density at radius 1 is 1.14 bits per heavy atom. The molecule has 3 aromatic heterocycles. The summed E-state index contributed by atoms with van der Waals surface area (Å²) in [5, 5.41) is 12.9. The van der Waals surface area contributed by atoms with E-state index in [2.05, 4.69) is 20.3 Å². The lowest BCUT2D eigenvalue weighted by Gasteiger charge is -2.14. The van der Waals surface area contributed by atoms with Gasteiger partial charge in [-0.25, -0.2) is 9.97 Å². The van der Waals surface area contributed by atoms with Gasteiger partial charge in [0.25, 0.3) is 0 Å². The average Bonchev–Trinajstić information content (AvgIpc) is 2.98. The third-order valence-corrected chi connectivity index (χ3v) is 3.59. The maximum atomic E-state index is 9.52. The molecule has 3 aromatic rings. The van der Waals surface area contributed by atoms with Crippen LogP contribution in [0.2, 0.25) is 0 Å². The molecule has 0 radical (unpaired) electrons.